The molecule has 1 saturated heterocycles. The fourth-order valence-corrected chi connectivity index (χ4v) is 3.02. The largest absolute Gasteiger partial charge is 0.376 e. The maximum atomic E-state index is 12.4. The summed E-state index contributed by atoms with van der Waals surface area (Å²) >= 11 is 0. The van der Waals surface area contributed by atoms with Crippen molar-refractivity contribution in [3.05, 3.63) is 35.4 Å². The molecular formula is C18H24N2O3. The van der Waals surface area contributed by atoms with Gasteiger partial charge in [0.25, 0.3) is 0 Å². The Bertz CT molecular complexity index is 590. The fourth-order valence-electron chi connectivity index (χ4n) is 3.02. The zero-order valence-corrected chi connectivity index (χ0v) is 13.6. The number of hydrogen-bond acceptors (Lipinski definition) is 3. The van der Waals surface area contributed by atoms with Crippen molar-refractivity contribution in [3.63, 3.8) is 0 Å². The molecule has 2 aliphatic rings. The van der Waals surface area contributed by atoms with E-state index in [1.807, 2.05) is 31.2 Å². The van der Waals surface area contributed by atoms with Gasteiger partial charge in [-0.05, 0) is 43.7 Å². The highest BCUT2D eigenvalue weighted by molar-refractivity contribution is 6.07. The molecule has 5 nitrogen and oxygen atoms in total. The van der Waals surface area contributed by atoms with E-state index < -0.39 is 5.41 Å². The van der Waals surface area contributed by atoms with Gasteiger partial charge in [0.1, 0.15) is 5.41 Å². The van der Waals surface area contributed by atoms with Gasteiger partial charge in [-0.25, -0.2) is 0 Å². The second-order valence-corrected chi connectivity index (χ2v) is 6.54. The molecule has 0 aromatic heterocycles. The summed E-state index contributed by atoms with van der Waals surface area (Å²) in [5, 5.41) is 5.81. The van der Waals surface area contributed by atoms with Gasteiger partial charge in [-0.2, -0.15) is 0 Å². The number of carbonyl (C=O) groups excluding carboxylic acids is 2. The van der Waals surface area contributed by atoms with Crippen LogP contribution in [0, 0.1) is 12.3 Å². The molecule has 1 saturated carbocycles. The fraction of sp³-hybridized carbons (Fsp3) is 0.556. The molecule has 3 rings (SSSR count). The summed E-state index contributed by atoms with van der Waals surface area (Å²) in [6.07, 6.45) is 3.38. The van der Waals surface area contributed by atoms with Gasteiger partial charge in [-0.3, -0.25) is 9.59 Å². The summed E-state index contributed by atoms with van der Waals surface area (Å²) in [5.74, 6) is -0.319. The Kier molecular flexibility index (Phi) is 4.66. The first-order valence-electron chi connectivity index (χ1n) is 8.34. The molecule has 23 heavy (non-hydrogen) atoms. The molecule has 5 heteroatoms. The highest BCUT2D eigenvalue weighted by Gasteiger charge is 2.56. The van der Waals surface area contributed by atoms with E-state index in [-0.39, 0.29) is 17.9 Å². The van der Waals surface area contributed by atoms with E-state index in [9.17, 15) is 9.59 Å². The van der Waals surface area contributed by atoms with Gasteiger partial charge >= 0.3 is 0 Å². The quantitative estimate of drug-likeness (QED) is 0.785. The highest BCUT2D eigenvalue weighted by atomic mass is 16.5. The van der Waals surface area contributed by atoms with Crippen molar-refractivity contribution in [2.75, 3.05) is 13.2 Å². The van der Waals surface area contributed by atoms with Gasteiger partial charge in [0.15, 0.2) is 0 Å². The van der Waals surface area contributed by atoms with Crippen LogP contribution in [0.25, 0.3) is 0 Å². The predicted molar refractivity (Wildman–Crippen MR) is 86.7 cm³/mol. The van der Waals surface area contributed by atoms with Crippen molar-refractivity contribution in [1.82, 2.24) is 10.6 Å². The van der Waals surface area contributed by atoms with Crippen molar-refractivity contribution in [1.29, 1.82) is 0 Å². The summed E-state index contributed by atoms with van der Waals surface area (Å²) in [6.45, 7) is 3.75. The maximum absolute atomic E-state index is 12.4. The van der Waals surface area contributed by atoms with Crippen LogP contribution < -0.4 is 10.6 Å². The number of carbonyl (C=O) groups is 2. The topological polar surface area (TPSA) is 67.4 Å². The van der Waals surface area contributed by atoms with Crippen molar-refractivity contribution < 1.29 is 14.3 Å². The van der Waals surface area contributed by atoms with Gasteiger partial charge in [0, 0.05) is 19.7 Å². The zero-order chi connectivity index (χ0) is 16.3. The number of nitrogens with one attached hydrogen (secondary N) is 2. The number of benzene rings is 1. The second-order valence-electron chi connectivity index (χ2n) is 6.54. The van der Waals surface area contributed by atoms with Crippen LogP contribution in [0.2, 0.25) is 0 Å². The number of hydrogen-bond donors (Lipinski definition) is 2. The summed E-state index contributed by atoms with van der Waals surface area (Å²) in [7, 11) is 0. The van der Waals surface area contributed by atoms with Gasteiger partial charge in [-0.1, -0.05) is 24.3 Å². The van der Waals surface area contributed by atoms with E-state index >= 15 is 0 Å². The van der Waals surface area contributed by atoms with Crippen LogP contribution in [0.4, 0.5) is 0 Å². The minimum atomic E-state index is -0.860. The molecule has 1 atom stereocenters. The number of amides is 2. The van der Waals surface area contributed by atoms with Crippen molar-refractivity contribution >= 4 is 11.8 Å². The summed E-state index contributed by atoms with van der Waals surface area (Å²) in [6, 6.07) is 7.94. The molecule has 1 unspecified atom stereocenters. The van der Waals surface area contributed by atoms with E-state index in [1.54, 1.807) is 0 Å². The Morgan fingerprint density at radius 2 is 1.96 bits per heavy atom. The van der Waals surface area contributed by atoms with Crippen LogP contribution >= 0.6 is 0 Å². The molecule has 2 N–H and O–H groups in total. The van der Waals surface area contributed by atoms with Crippen LogP contribution in [0.3, 0.4) is 0 Å². The Morgan fingerprint density at radius 1 is 1.22 bits per heavy atom. The Hall–Kier alpha value is -1.88. The number of ether oxygens (including phenoxy) is 1. The Morgan fingerprint density at radius 3 is 2.61 bits per heavy atom. The first-order valence-corrected chi connectivity index (χ1v) is 8.34. The standard InChI is InChI=1S/C18H24N2O3/c1-13-5-2-3-6-14(13)11-19-16(21)18(8-9-18)17(22)20-12-15-7-4-10-23-15/h2-3,5-6,15H,4,7-12H2,1H3,(H,19,21)(H,20,22). The van der Waals surface area contributed by atoms with Crippen LogP contribution in [0.1, 0.15) is 36.8 Å². The first kappa shape index (κ1) is 16.0. The molecule has 1 aromatic carbocycles. The minimum Gasteiger partial charge on any atom is -0.376 e. The van der Waals surface area contributed by atoms with Gasteiger partial charge in [0.2, 0.25) is 11.8 Å². The third-order valence-electron chi connectivity index (χ3n) is 4.83. The lowest BCUT2D eigenvalue weighted by Crippen LogP contribution is -2.44. The van der Waals surface area contributed by atoms with Crippen molar-refractivity contribution in [2.45, 2.75) is 45.3 Å². The average Bonchev–Trinajstić information content (AvgIpc) is 3.21. The lowest BCUT2D eigenvalue weighted by Gasteiger charge is -2.17. The molecule has 2 amide bonds. The van der Waals surface area contributed by atoms with E-state index in [4.69, 9.17) is 4.74 Å². The average molecular weight is 316 g/mol. The third-order valence-corrected chi connectivity index (χ3v) is 4.83. The first-order chi connectivity index (χ1) is 11.1. The monoisotopic (exact) mass is 316 g/mol. The molecule has 1 aliphatic carbocycles. The van der Waals surface area contributed by atoms with E-state index in [2.05, 4.69) is 10.6 Å². The molecule has 124 valence electrons. The normalized spacial score (nSPS) is 21.7. The van der Waals surface area contributed by atoms with E-state index in [0.717, 1.165) is 30.6 Å². The molecule has 0 bridgehead atoms. The maximum Gasteiger partial charge on any atom is 0.235 e. The molecule has 1 aromatic rings. The smallest absolute Gasteiger partial charge is 0.235 e. The number of aryl methyl sites for hydroxylation is 1. The Balaban J connectivity index is 1.51. The van der Waals surface area contributed by atoms with Crippen LogP contribution in [0.15, 0.2) is 24.3 Å². The molecule has 1 heterocycles. The molecule has 2 fully saturated rings. The molecule has 1 aliphatic heterocycles. The second kappa shape index (κ2) is 6.71. The zero-order valence-electron chi connectivity index (χ0n) is 13.6. The lowest BCUT2D eigenvalue weighted by molar-refractivity contribution is -0.137. The van der Waals surface area contributed by atoms with Gasteiger partial charge in [-0.15, -0.1) is 0 Å². The van der Waals surface area contributed by atoms with Crippen molar-refractivity contribution in [3.8, 4) is 0 Å². The summed E-state index contributed by atoms with van der Waals surface area (Å²) < 4.78 is 5.50. The van der Waals surface area contributed by atoms with Crippen LogP contribution in [0.5, 0.6) is 0 Å². The highest BCUT2D eigenvalue weighted by Crippen LogP contribution is 2.46. The van der Waals surface area contributed by atoms with Gasteiger partial charge < -0.3 is 15.4 Å². The van der Waals surface area contributed by atoms with Crippen molar-refractivity contribution in [2.24, 2.45) is 5.41 Å². The Labute approximate surface area is 136 Å². The summed E-state index contributed by atoms with van der Waals surface area (Å²) in [4.78, 5) is 24.8. The molecule has 0 spiro atoms. The molecule has 0 radical (unpaired) electrons. The SMILES string of the molecule is Cc1ccccc1CNC(=O)C1(C(=O)NCC2CCCO2)CC1. The van der Waals surface area contributed by atoms with E-state index in [1.165, 1.54) is 0 Å². The third kappa shape index (κ3) is 3.55. The van der Waals surface area contributed by atoms with Crippen LogP contribution in [-0.2, 0) is 20.9 Å². The predicted octanol–water partition coefficient (Wildman–Crippen LogP) is 1.69. The lowest BCUT2D eigenvalue weighted by atomic mass is 10.0. The van der Waals surface area contributed by atoms with Crippen LogP contribution in [-0.4, -0.2) is 31.1 Å². The minimum absolute atomic E-state index is 0.102. The number of rotatable bonds is 6. The van der Waals surface area contributed by atoms with Gasteiger partial charge in [0.05, 0.1) is 6.10 Å². The summed E-state index contributed by atoms with van der Waals surface area (Å²) in [5.41, 5.74) is 1.36. The molecular weight excluding hydrogens is 292 g/mol. The van der Waals surface area contributed by atoms with E-state index in [0.29, 0.717) is 25.9 Å².